The molecule has 0 saturated carbocycles. The molecule has 0 unspecified atom stereocenters. The van der Waals surface area contributed by atoms with E-state index >= 15 is 0 Å². The monoisotopic (exact) mass is 210 g/mol. The van der Waals surface area contributed by atoms with Crippen LogP contribution in [0.25, 0.3) is 0 Å². The second kappa shape index (κ2) is 4.45. The SMILES string of the molecule is C[C@H](OC(=O)c1cccc(O)c1)C(=O)O. The summed E-state index contributed by atoms with van der Waals surface area (Å²) >= 11 is 0. The quantitative estimate of drug-likeness (QED) is 0.727. The third kappa shape index (κ3) is 2.98. The van der Waals surface area contributed by atoms with Crippen molar-refractivity contribution in [2.24, 2.45) is 0 Å². The Morgan fingerprint density at radius 3 is 2.60 bits per heavy atom. The highest BCUT2D eigenvalue weighted by atomic mass is 16.6. The lowest BCUT2D eigenvalue weighted by Crippen LogP contribution is -2.23. The van der Waals surface area contributed by atoms with Gasteiger partial charge in [0, 0.05) is 0 Å². The molecule has 0 aromatic heterocycles. The number of phenols is 1. The number of carboxylic acid groups (broad SMARTS) is 1. The van der Waals surface area contributed by atoms with Crippen LogP contribution in [0.3, 0.4) is 0 Å². The highest BCUT2D eigenvalue weighted by Gasteiger charge is 2.17. The van der Waals surface area contributed by atoms with Gasteiger partial charge in [0.15, 0.2) is 6.10 Å². The normalized spacial score (nSPS) is 11.8. The van der Waals surface area contributed by atoms with Crippen molar-refractivity contribution in [3.05, 3.63) is 29.8 Å². The Hall–Kier alpha value is -2.04. The van der Waals surface area contributed by atoms with Crippen molar-refractivity contribution in [2.45, 2.75) is 13.0 Å². The van der Waals surface area contributed by atoms with Crippen molar-refractivity contribution in [3.63, 3.8) is 0 Å². The number of rotatable bonds is 3. The van der Waals surface area contributed by atoms with Gasteiger partial charge in [0.25, 0.3) is 0 Å². The Labute approximate surface area is 85.9 Å². The van der Waals surface area contributed by atoms with Crippen molar-refractivity contribution >= 4 is 11.9 Å². The Morgan fingerprint density at radius 2 is 2.07 bits per heavy atom. The zero-order chi connectivity index (χ0) is 11.4. The van der Waals surface area contributed by atoms with E-state index in [1.54, 1.807) is 0 Å². The maximum absolute atomic E-state index is 11.3. The summed E-state index contributed by atoms with van der Waals surface area (Å²) < 4.78 is 4.60. The predicted octanol–water partition coefficient (Wildman–Crippen LogP) is 1.02. The number of aromatic hydroxyl groups is 1. The number of phenolic OH excluding ortho intramolecular Hbond substituents is 1. The van der Waals surface area contributed by atoms with E-state index in [0.717, 1.165) is 0 Å². The molecule has 0 saturated heterocycles. The van der Waals surface area contributed by atoms with Crippen molar-refractivity contribution in [2.75, 3.05) is 0 Å². The minimum atomic E-state index is -1.22. The molecule has 0 radical (unpaired) electrons. The van der Waals surface area contributed by atoms with Crippen LogP contribution >= 0.6 is 0 Å². The van der Waals surface area contributed by atoms with Gasteiger partial charge < -0.3 is 14.9 Å². The molecule has 2 N–H and O–H groups in total. The Balaban J connectivity index is 2.73. The van der Waals surface area contributed by atoms with Crippen LogP contribution in [0, 0.1) is 0 Å². The molecule has 1 atom stereocenters. The predicted molar refractivity (Wildman–Crippen MR) is 50.6 cm³/mol. The maximum atomic E-state index is 11.3. The number of carbonyl (C=O) groups excluding carboxylic acids is 1. The smallest absolute Gasteiger partial charge is 0.344 e. The van der Waals surface area contributed by atoms with Crippen molar-refractivity contribution in [3.8, 4) is 5.75 Å². The summed E-state index contributed by atoms with van der Waals surface area (Å²) in [6, 6.07) is 5.50. The number of carboxylic acids is 1. The lowest BCUT2D eigenvalue weighted by Gasteiger charge is -2.08. The van der Waals surface area contributed by atoms with Crippen LogP contribution < -0.4 is 0 Å². The highest BCUT2D eigenvalue weighted by Crippen LogP contribution is 2.12. The van der Waals surface area contributed by atoms with Crippen LogP contribution in [-0.2, 0) is 9.53 Å². The maximum Gasteiger partial charge on any atom is 0.344 e. The van der Waals surface area contributed by atoms with Gasteiger partial charge in [0.05, 0.1) is 5.56 Å². The highest BCUT2D eigenvalue weighted by molar-refractivity contribution is 5.91. The van der Waals surface area contributed by atoms with Gasteiger partial charge in [0.2, 0.25) is 0 Å². The van der Waals surface area contributed by atoms with E-state index in [9.17, 15) is 9.59 Å². The minimum Gasteiger partial charge on any atom is -0.508 e. The summed E-state index contributed by atoms with van der Waals surface area (Å²) in [5.41, 5.74) is 0.114. The molecule has 0 heterocycles. The van der Waals surface area contributed by atoms with Gasteiger partial charge in [0.1, 0.15) is 5.75 Å². The fourth-order valence-corrected chi connectivity index (χ4v) is 0.912. The molecule has 0 spiro atoms. The van der Waals surface area contributed by atoms with E-state index in [1.165, 1.54) is 31.2 Å². The van der Waals surface area contributed by atoms with Gasteiger partial charge in [-0.25, -0.2) is 9.59 Å². The average Bonchev–Trinajstić information content (AvgIpc) is 2.17. The molecule has 1 aromatic rings. The average molecular weight is 210 g/mol. The topological polar surface area (TPSA) is 83.8 Å². The number of benzene rings is 1. The van der Waals surface area contributed by atoms with Gasteiger partial charge in [-0.05, 0) is 25.1 Å². The fourth-order valence-electron chi connectivity index (χ4n) is 0.912. The minimum absolute atomic E-state index is 0.0765. The molecule has 0 aliphatic rings. The third-order valence-corrected chi connectivity index (χ3v) is 1.71. The third-order valence-electron chi connectivity index (χ3n) is 1.71. The van der Waals surface area contributed by atoms with E-state index < -0.39 is 18.0 Å². The van der Waals surface area contributed by atoms with Crippen LogP contribution in [-0.4, -0.2) is 28.3 Å². The first kappa shape index (κ1) is 11.0. The molecule has 1 aromatic carbocycles. The molecule has 0 fully saturated rings. The van der Waals surface area contributed by atoms with Crippen molar-refractivity contribution in [1.29, 1.82) is 0 Å². The van der Waals surface area contributed by atoms with Crippen LogP contribution in [0.15, 0.2) is 24.3 Å². The summed E-state index contributed by atoms with van der Waals surface area (Å²) in [5, 5.41) is 17.6. The first-order valence-corrected chi connectivity index (χ1v) is 4.23. The molecule has 0 aliphatic carbocycles. The summed E-state index contributed by atoms with van der Waals surface area (Å²) in [6.45, 7) is 1.25. The second-order valence-corrected chi connectivity index (χ2v) is 2.94. The van der Waals surface area contributed by atoms with E-state index in [1.807, 2.05) is 0 Å². The number of ether oxygens (including phenoxy) is 1. The number of hydrogen-bond acceptors (Lipinski definition) is 4. The number of carbonyl (C=O) groups is 2. The zero-order valence-corrected chi connectivity index (χ0v) is 8.01. The summed E-state index contributed by atoms with van der Waals surface area (Å²) in [5.74, 6) is -2.07. The van der Waals surface area contributed by atoms with E-state index in [2.05, 4.69) is 4.74 Å². The first-order chi connectivity index (χ1) is 7.00. The number of hydrogen-bond donors (Lipinski definition) is 2. The molecule has 0 bridgehead atoms. The van der Waals surface area contributed by atoms with Gasteiger partial charge in [-0.3, -0.25) is 0 Å². The number of esters is 1. The summed E-state index contributed by atoms with van der Waals surface area (Å²) in [6.07, 6.45) is -1.21. The van der Waals surface area contributed by atoms with Crippen LogP contribution in [0.5, 0.6) is 5.75 Å². The lowest BCUT2D eigenvalue weighted by molar-refractivity contribution is -0.146. The fraction of sp³-hybridized carbons (Fsp3) is 0.200. The van der Waals surface area contributed by atoms with Gasteiger partial charge in [-0.1, -0.05) is 6.07 Å². The standard InChI is InChI=1S/C10H10O5/c1-6(9(12)13)15-10(14)7-3-2-4-8(11)5-7/h2-6,11H,1H3,(H,12,13)/t6-/m0/s1. The molecule has 15 heavy (non-hydrogen) atoms. The first-order valence-electron chi connectivity index (χ1n) is 4.23. The largest absolute Gasteiger partial charge is 0.508 e. The van der Waals surface area contributed by atoms with Crippen LogP contribution in [0.4, 0.5) is 0 Å². The molecule has 1 rings (SSSR count). The van der Waals surface area contributed by atoms with Gasteiger partial charge in [-0.2, -0.15) is 0 Å². The van der Waals surface area contributed by atoms with Crippen LogP contribution in [0.2, 0.25) is 0 Å². The molecule has 5 heteroatoms. The lowest BCUT2D eigenvalue weighted by atomic mass is 10.2. The molecule has 0 aliphatic heterocycles. The molecular formula is C10H10O5. The Morgan fingerprint density at radius 1 is 1.40 bits per heavy atom. The van der Waals surface area contributed by atoms with Crippen molar-refractivity contribution in [1.82, 2.24) is 0 Å². The molecular weight excluding hydrogens is 200 g/mol. The molecule has 5 nitrogen and oxygen atoms in total. The molecule has 80 valence electrons. The summed E-state index contributed by atoms with van der Waals surface area (Å²) in [7, 11) is 0. The van der Waals surface area contributed by atoms with Gasteiger partial charge >= 0.3 is 11.9 Å². The molecule has 0 amide bonds. The Kier molecular flexibility index (Phi) is 3.28. The second-order valence-electron chi connectivity index (χ2n) is 2.94. The van der Waals surface area contributed by atoms with Crippen molar-refractivity contribution < 1.29 is 24.5 Å². The number of aliphatic carboxylic acids is 1. The van der Waals surface area contributed by atoms with Crippen LogP contribution in [0.1, 0.15) is 17.3 Å². The van der Waals surface area contributed by atoms with E-state index in [-0.39, 0.29) is 11.3 Å². The van der Waals surface area contributed by atoms with Gasteiger partial charge in [-0.15, -0.1) is 0 Å². The summed E-state index contributed by atoms with van der Waals surface area (Å²) in [4.78, 5) is 21.7. The zero-order valence-electron chi connectivity index (χ0n) is 8.01. The Bertz CT molecular complexity index is 385. The van der Waals surface area contributed by atoms with E-state index in [4.69, 9.17) is 10.2 Å². The van der Waals surface area contributed by atoms with E-state index in [0.29, 0.717) is 0 Å².